The van der Waals surface area contributed by atoms with Crippen molar-refractivity contribution in [1.82, 2.24) is 19.9 Å². The fourth-order valence-corrected chi connectivity index (χ4v) is 1.85. The number of carbonyl (C=O) groups excluding carboxylic acids is 1. The van der Waals surface area contributed by atoms with Gasteiger partial charge in [0.2, 0.25) is 0 Å². The third-order valence-corrected chi connectivity index (χ3v) is 2.92. The summed E-state index contributed by atoms with van der Waals surface area (Å²) in [6.45, 7) is 8.81. The molecule has 0 saturated heterocycles. The van der Waals surface area contributed by atoms with Gasteiger partial charge in [0.15, 0.2) is 0 Å². The molecule has 2 N–H and O–H groups in total. The number of amides is 1. The molecular weight excluding hydrogens is 282 g/mol. The van der Waals surface area contributed by atoms with Gasteiger partial charge in [-0.2, -0.15) is 5.10 Å². The van der Waals surface area contributed by atoms with Crippen molar-refractivity contribution in [3.05, 3.63) is 24.7 Å². The van der Waals surface area contributed by atoms with E-state index in [4.69, 9.17) is 4.74 Å². The summed E-state index contributed by atoms with van der Waals surface area (Å²) in [5.74, 6) is 1.03. The Morgan fingerprint density at radius 1 is 1.41 bits per heavy atom. The summed E-state index contributed by atoms with van der Waals surface area (Å²) < 4.78 is 6.90. The van der Waals surface area contributed by atoms with Crippen LogP contribution in [0.5, 0.6) is 0 Å². The van der Waals surface area contributed by atoms with E-state index in [2.05, 4.69) is 20.7 Å². The van der Waals surface area contributed by atoms with Crippen LogP contribution in [0.1, 0.15) is 27.7 Å². The average Bonchev–Trinajstić information content (AvgIpc) is 2.88. The number of nitrogens with zero attached hydrogens (tertiary/aromatic N) is 3. The van der Waals surface area contributed by atoms with Gasteiger partial charge < -0.3 is 15.4 Å². The standard InChI is InChI=1S/C15H23N5O2/c1-11(9-17-14(21)22-15(2,3)4)8-16-13-7-12-5-6-19-20(12)10-18-13/h5-7,10-11,16H,8-9H2,1-4H3,(H,17,21). The Balaban J connectivity index is 1.75. The normalized spacial score (nSPS) is 12.9. The molecular formula is C15H23N5O2. The van der Waals surface area contributed by atoms with Crippen molar-refractivity contribution in [2.75, 3.05) is 18.4 Å². The van der Waals surface area contributed by atoms with Gasteiger partial charge in [-0.25, -0.2) is 14.3 Å². The number of fused-ring (bicyclic) bond motifs is 1. The molecule has 7 heteroatoms. The van der Waals surface area contributed by atoms with Gasteiger partial charge in [-0.15, -0.1) is 0 Å². The van der Waals surface area contributed by atoms with Crippen molar-refractivity contribution < 1.29 is 9.53 Å². The number of ether oxygens (including phenoxy) is 1. The van der Waals surface area contributed by atoms with Crippen LogP contribution in [0.25, 0.3) is 5.52 Å². The van der Waals surface area contributed by atoms with Gasteiger partial charge in [0.05, 0.1) is 11.7 Å². The minimum absolute atomic E-state index is 0.246. The highest BCUT2D eigenvalue weighted by Gasteiger charge is 2.16. The number of rotatable bonds is 5. The molecule has 0 spiro atoms. The third kappa shape index (κ3) is 4.91. The molecule has 0 aromatic carbocycles. The summed E-state index contributed by atoms with van der Waals surface area (Å²) in [5, 5.41) is 10.1. The molecule has 2 heterocycles. The first-order valence-corrected chi connectivity index (χ1v) is 7.33. The van der Waals surface area contributed by atoms with Gasteiger partial charge in [-0.1, -0.05) is 6.92 Å². The molecule has 0 radical (unpaired) electrons. The van der Waals surface area contributed by atoms with E-state index in [-0.39, 0.29) is 5.92 Å². The minimum Gasteiger partial charge on any atom is -0.444 e. The average molecular weight is 305 g/mol. The molecule has 0 saturated carbocycles. The van der Waals surface area contributed by atoms with Crippen molar-refractivity contribution >= 4 is 17.4 Å². The molecule has 0 aliphatic carbocycles. The summed E-state index contributed by atoms with van der Waals surface area (Å²) in [7, 11) is 0. The topological polar surface area (TPSA) is 80.5 Å². The zero-order valence-electron chi connectivity index (χ0n) is 13.5. The molecule has 0 fully saturated rings. The van der Waals surface area contributed by atoms with Crippen LogP contribution in [0.15, 0.2) is 24.7 Å². The quantitative estimate of drug-likeness (QED) is 0.886. The third-order valence-electron chi connectivity index (χ3n) is 2.92. The van der Waals surface area contributed by atoms with Gasteiger partial charge >= 0.3 is 6.09 Å². The van der Waals surface area contributed by atoms with Crippen LogP contribution in [0.2, 0.25) is 0 Å². The van der Waals surface area contributed by atoms with Crippen LogP contribution in [0.4, 0.5) is 10.6 Å². The highest BCUT2D eigenvalue weighted by atomic mass is 16.6. The first-order chi connectivity index (χ1) is 10.3. The molecule has 120 valence electrons. The molecule has 2 aromatic rings. The van der Waals surface area contributed by atoms with E-state index in [1.54, 1.807) is 17.0 Å². The Bertz CT molecular complexity index is 632. The lowest BCUT2D eigenvalue weighted by molar-refractivity contribution is 0.0521. The van der Waals surface area contributed by atoms with Crippen molar-refractivity contribution in [2.45, 2.75) is 33.3 Å². The summed E-state index contributed by atoms with van der Waals surface area (Å²) >= 11 is 0. The van der Waals surface area contributed by atoms with Crippen LogP contribution < -0.4 is 10.6 Å². The lowest BCUT2D eigenvalue weighted by Gasteiger charge is -2.21. The van der Waals surface area contributed by atoms with E-state index in [0.29, 0.717) is 13.1 Å². The summed E-state index contributed by atoms with van der Waals surface area (Å²) in [6.07, 6.45) is 3.01. The van der Waals surface area contributed by atoms with Crippen LogP contribution in [0.3, 0.4) is 0 Å². The Hall–Kier alpha value is -2.31. The number of alkyl carbamates (subject to hydrolysis) is 1. The van der Waals surface area contributed by atoms with Gasteiger partial charge in [-0.3, -0.25) is 0 Å². The summed E-state index contributed by atoms with van der Waals surface area (Å²) in [5.41, 5.74) is 0.507. The number of nitrogens with one attached hydrogen (secondary N) is 2. The van der Waals surface area contributed by atoms with Gasteiger partial charge in [0.1, 0.15) is 17.7 Å². The Morgan fingerprint density at radius 3 is 2.91 bits per heavy atom. The minimum atomic E-state index is -0.476. The van der Waals surface area contributed by atoms with Crippen LogP contribution in [-0.2, 0) is 4.74 Å². The molecule has 0 aliphatic rings. The molecule has 2 aromatic heterocycles. The molecule has 1 unspecified atom stereocenters. The number of carbonyl (C=O) groups is 1. The van der Waals surface area contributed by atoms with Crippen molar-refractivity contribution in [3.8, 4) is 0 Å². The smallest absolute Gasteiger partial charge is 0.407 e. The zero-order valence-corrected chi connectivity index (χ0v) is 13.5. The second kappa shape index (κ2) is 6.64. The van der Waals surface area contributed by atoms with Gasteiger partial charge in [0.25, 0.3) is 0 Å². The second-order valence-corrected chi connectivity index (χ2v) is 6.34. The molecule has 0 aliphatic heterocycles. The number of hydrogen-bond donors (Lipinski definition) is 2. The Morgan fingerprint density at radius 2 is 2.18 bits per heavy atom. The highest BCUT2D eigenvalue weighted by molar-refractivity contribution is 5.67. The summed E-state index contributed by atoms with van der Waals surface area (Å²) in [6, 6.07) is 3.85. The predicted molar refractivity (Wildman–Crippen MR) is 84.9 cm³/mol. The molecule has 1 amide bonds. The molecule has 22 heavy (non-hydrogen) atoms. The van der Waals surface area contributed by atoms with E-state index < -0.39 is 11.7 Å². The lowest BCUT2D eigenvalue weighted by Crippen LogP contribution is -2.36. The maximum atomic E-state index is 11.6. The zero-order chi connectivity index (χ0) is 16.2. The maximum Gasteiger partial charge on any atom is 0.407 e. The molecule has 2 rings (SSSR count). The first kappa shape index (κ1) is 16.1. The number of aromatic nitrogens is 3. The van der Waals surface area contributed by atoms with Crippen LogP contribution >= 0.6 is 0 Å². The van der Waals surface area contributed by atoms with Crippen molar-refractivity contribution in [1.29, 1.82) is 0 Å². The number of hydrogen-bond acceptors (Lipinski definition) is 5. The molecule has 0 bridgehead atoms. The van der Waals surface area contributed by atoms with E-state index >= 15 is 0 Å². The molecule has 1 atom stereocenters. The summed E-state index contributed by atoms with van der Waals surface area (Å²) in [4.78, 5) is 15.9. The van der Waals surface area contributed by atoms with Crippen LogP contribution in [-0.4, -0.2) is 39.4 Å². The van der Waals surface area contributed by atoms with E-state index in [1.165, 1.54) is 0 Å². The van der Waals surface area contributed by atoms with E-state index in [9.17, 15) is 4.79 Å². The second-order valence-electron chi connectivity index (χ2n) is 6.34. The largest absolute Gasteiger partial charge is 0.444 e. The van der Waals surface area contributed by atoms with Crippen molar-refractivity contribution in [3.63, 3.8) is 0 Å². The Kier molecular flexibility index (Phi) is 4.85. The van der Waals surface area contributed by atoms with Crippen molar-refractivity contribution in [2.24, 2.45) is 5.92 Å². The van der Waals surface area contributed by atoms with Gasteiger partial charge in [0, 0.05) is 19.2 Å². The van der Waals surface area contributed by atoms with E-state index in [1.807, 2.05) is 39.8 Å². The van der Waals surface area contributed by atoms with E-state index in [0.717, 1.165) is 11.3 Å². The lowest BCUT2D eigenvalue weighted by atomic mass is 10.2. The monoisotopic (exact) mass is 305 g/mol. The SMILES string of the molecule is CC(CNC(=O)OC(C)(C)C)CNc1cc2ccnn2cn1. The highest BCUT2D eigenvalue weighted by Crippen LogP contribution is 2.09. The fraction of sp³-hybridized carbons (Fsp3) is 0.533. The maximum absolute atomic E-state index is 11.6. The Labute approximate surface area is 130 Å². The predicted octanol–water partition coefficient (Wildman–Crippen LogP) is 2.30. The first-order valence-electron chi connectivity index (χ1n) is 7.33. The van der Waals surface area contributed by atoms with Crippen LogP contribution in [0, 0.1) is 5.92 Å². The fourth-order valence-electron chi connectivity index (χ4n) is 1.85. The number of anilines is 1. The van der Waals surface area contributed by atoms with Gasteiger partial charge in [-0.05, 0) is 32.8 Å². The molecule has 7 nitrogen and oxygen atoms in total.